The monoisotopic (exact) mass is 906 g/mol. The van der Waals surface area contributed by atoms with Crippen molar-refractivity contribution in [3.63, 3.8) is 0 Å². The number of rotatable bonds is 16. The lowest BCUT2D eigenvalue weighted by Crippen LogP contribution is -2.52. The van der Waals surface area contributed by atoms with E-state index in [0.717, 1.165) is 42.4 Å². The number of carbonyl (C=O) groups excluding carboxylic acids is 2. The highest BCUT2D eigenvalue weighted by molar-refractivity contribution is 5.86. The fraction of sp³-hybridized carbons (Fsp3) is 0.400. The number of aromatic nitrogens is 8. The first-order valence-corrected chi connectivity index (χ1v) is 23.2. The molecular weight excluding hydrogens is 853 g/mol. The van der Waals surface area contributed by atoms with Crippen LogP contribution >= 0.6 is 0 Å². The highest BCUT2D eigenvalue weighted by atomic mass is 16.5. The van der Waals surface area contributed by atoms with Gasteiger partial charge < -0.3 is 25.2 Å². The summed E-state index contributed by atoms with van der Waals surface area (Å²) in [5, 5.41) is 23.2. The zero-order valence-corrected chi connectivity index (χ0v) is 37.2. The SMILES string of the molecule is O=C(NCc1ccccc1)C1(OCc2cc(=O)n3[nH]c(-c4ccccc4)nc3n2)CCC(C2CC2(CO)CNC(=O)C2(OCc3cc(=O)n4[nH]c(-c5ccccc5)nc4n3)CCCCC2)CC1. The molecule has 67 heavy (non-hydrogen) atoms. The van der Waals surface area contributed by atoms with Crippen molar-refractivity contribution >= 4 is 23.4 Å². The molecule has 3 aliphatic carbocycles. The molecule has 4 heterocycles. The zero-order chi connectivity index (χ0) is 46.0. The van der Waals surface area contributed by atoms with Crippen LogP contribution in [0.5, 0.6) is 0 Å². The van der Waals surface area contributed by atoms with E-state index in [9.17, 15) is 24.3 Å². The van der Waals surface area contributed by atoms with Crippen LogP contribution in [0, 0.1) is 17.3 Å². The first-order chi connectivity index (χ1) is 32.6. The molecule has 17 nitrogen and oxygen atoms in total. The van der Waals surface area contributed by atoms with E-state index in [1.807, 2.05) is 91.0 Å². The van der Waals surface area contributed by atoms with Crippen LogP contribution in [-0.2, 0) is 38.8 Å². The van der Waals surface area contributed by atoms with Crippen LogP contribution in [0.15, 0.2) is 113 Å². The largest absolute Gasteiger partial charge is 0.396 e. The van der Waals surface area contributed by atoms with Crippen molar-refractivity contribution in [2.45, 2.75) is 95.2 Å². The Bertz CT molecular complexity index is 2990. The van der Waals surface area contributed by atoms with Gasteiger partial charge in [0.25, 0.3) is 34.5 Å². The number of benzene rings is 3. The van der Waals surface area contributed by atoms with Crippen LogP contribution in [0.1, 0.15) is 81.2 Å². The van der Waals surface area contributed by atoms with Crippen LogP contribution in [-0.4, -0.2) is 80.4 Å². The van der Waals surface area contributed by atoms with E-state index in [-0.39, 0.29) is 72.7 Å². The summed E-state index contributed by atoms with van der Waals surface area (Å²) < 4.78 is 15.6. The lowest BCUT2D eigenvalue weighted by molar-refractivity contribution is -0.157. The van der Waals surface area contributed by atoms with Gasteiger partial charge >= 0.3 is 0 Å². The summed E-state index contributed by atoms with van der Waals surface area (Å²) in [6, 6.07) is 31.4. The molecule has 3 aromatic carbocycles. The predicted octanol–water partition coefficient (Wildman–Crippen LogP) is 5.28. The molecule has 3 saturated carbocycles. The first-order valence-electron chi connectivity index (χ1n) is 23.2. The van der Waals surface area contributed by atoms with Crippen LogP contribution < -0.4 is 21.8 Å². The van der Waals surface area contributed by atoms with Crippen molar-refractivity contribution in [3.05, 3.63) is 141 Å². The highest BCUT2D eigenvalue weighted by Crippen LogP contribution is 2.59. The normalized spacial score (nSPS) is 22.4. The third kappa shape index (κ3) is 9.05. The van der Waals surface area contributed by atoms with Gasteiger partial charge in [-0.3, -0.25) is 29.4 Å². The van der Waals surface area contributed by atoms with E-state index < -0.39 is 16.6 Å². The number of aromatic amines is 2. The number of carbonyl (C=O) groups is 2. The van der Waals surface area contributed by atoms with Crippen LogP contribution in [0.3, 0.4) is 0 Å². The highest BCUT2D eigenvalue weighted by Gasteiger charge is 2.59. The number of amides is 2. The molecule has 0 spiro atoms. The number of fused-ring (bicyclic) bond motifs is 2. The van der Waals surface area contributed by atoms with Crippen LogP contribution in [0.2, 0.25) is 0 Å². The Kier molecular flexibility index (Phi) is 12.1. The Morgan fingerprint density at radius 3 is 1.67 bits per heavy atom. The van der Waals surface area contributed by atoms with Gasteiger partial charge in [0.1, 0.15) is 11.2 Å². The molecule has 5 N–H and O–H groups in total. The number of nitrogens with one attached hydrogen (secondary N) is 4. The molecule has 2 amide bonds. The summed E-state index contributed by atoms with van der Waals surface area (Å²) in [6.45, 7) is 0.429. The van der Waals surface area contributed by atoms with Gasteiger partial charge in [-0.05, 0) is 62.3 Å². The van der Waals surface area contributed by atoms with E-state index in [1.165, 1.54) is 21.2 Å². The number of aliphatic hydroxyl groups excluding tert-OH is 1. The van der Waals surface area contributed by atoms with Gasteiger partial charge in [-0.1, -0.05) is 110 Å². The molecule has 0 radical (unpaired) electrons. The summed E-state index contributed by atoms with van der Waals surface area (Å²) >= 11 is 0. The lowest BCUT2D eigenvalue weighted by Gasteiger charge is -2.39. The quantitative estimate of drug-likeness (QED) is 0.0840. The van der Waals surface area contributed by atoms with E-state index in [1.54, 1.807) is 0 Å². The molecule has 2 atom stereocenters. The molecule has 3 fully saturated rings. The summed E-state index contributed by atoms with van der Waals surface area (Å²) in [5.41, 5.74) is -0.116. The van der Waals surface area contributed by atoms with Gasteiger partial charge in [0.05, 0.1) is 31.2 Å². The third-order valence-electron chi connectivity index (χ3n) is 14.2. The van der Waals surface area contributed by atoms with Crippen molar-refractivity contribution in [1.82, 2.24) is 49.8 Å². The maximum absolute atomic E-state index is 14.2. The Balaban J connectivity index is 0.797. The van der Waals surface area contributed by atoms with E-state index >= 15 is 0 Å². The number of nitrogens with zero attached hydrogens (tertiary/aromatic N) is 6. The maximum atomic E-state index is 14.2. The molecule has 0 saturated heterocycles. The summed E-state index contributed by atoms with van der Waals surface area (Å²) in [6.07, 6.45) is 6.62. The van der Waals surface area contributed by atoms with Gasteiger partial charge in [0, 0.05) is 41.8 Å². The summed E-state index contributed by atoms with van der Waals surface area (Å²) in [7, 11) is 0. The van der Waals surface area contributed by atoms with Crippen molar-refractivity contribution < 1.29 is 24.2 Å². The fourth-order valence-corrected chi connectivity index (χ4v) is 10.2. The van der Waals surface area contributed by atoms with Crippen molar-refractivity contribution in [3.8, 4) is 22.8 Å². The number of ether oxygens (including phenoxy) is 2. The Morgan fingerprint density at radius 1 is 0.657 bits per heavy atom. The van der Waals surface area contributed by atoms with Crippen molar-refractivity contribution in [1.29, 1.82) is 0 Å². The average molecular weight is 907 g/mol. The van der Waals surface area contributed by atoms with Crippen molar-refractivity contribution in [2.24, 2.45) is 17.3 Å². The van der Waals surface area contributed by atoms with E-state index in [4.69, 9.17) is 9.47 Å². The Labute approximate surface area is 385 Å². The summed E-state index contributed by atoms with van der Waals surface area (Å²) in [4.78, 5) is 73.1. The number of hydrogen-bond donors (Lipinski definition) is 5. The number of hydrogen-bond acceptors (Lipinski definition) is 11. The molecule has 10 rings (SSSR count). The second kappa shape index (κ2) is 18.5. The van der Waals surface area contributed by atoms with Crippen LogP contribution in [0.4, 0.5) is 0 Å². The minimum absolute atomic E-state index is 0.0365. The molecule has 4 aromatic heterocycles. The Hall–Kier alpha value is -6.82. The predicted molar refractivity (Wildman–Crippen MR) is 247 cm³/mol. The smallest absolute Gasteiger partial charge is 0.274 e. The minimum atomic E-state index is -1.18. The van der Waals surface area contributed by atoms with Crippen molar-refractivity contribution in [2.75, 3.05) is 13.2 Å². The number of H-pyrrole nitrogens is 2. The van der Waals surface area contributed by atoms with Gasteiger partial charge in [0.15, 0.2) is 11.6 Å². The van der Waals surface area contributed by atoms with E-state index in [0.29, 0.717) is 68.1 Å². The van der Waals surface area contributed by atoms with Gasteiger partial charge in [-0.15, -0.1) is 0 Å². The molecule has 0 aliphatic heterocycles. The first kappa shape index (κ1) is 44.0. The lowest BCUT2D eigenvalue weighted by atomic mass is 9.74. The van der Waals surface area contributed by atoms with E-state index in [2.05, 4.69) is 40.8 Å². The molecule has 2 unspecified atom stereocenters. The number of aliphatic hydroxyl groups is 1. The van der Waals surface area contributed by atoms with Crippen LogP contribution in [0.25, 0.3) is 34.3 Å². The standard InChI is InChI=1S/C50H54N10O7/c61-32-48(31-52-45(65)49(21-11-4-12-22-49)66-29-37-25-40(62)59-46(53-37)55-42(57-59)35-15-7-2-8-16-35)27-39(48)34-19-23-50(24-20-34,44(64)51-28-33-13-5-1-6-14-33)67-30-38-26-41(63)60-47(54-38)56-43(58-60)36-17-9-3-10-18-36/h1-3,5-10,13-18,25-26,34,39,61H,4,11-12,19-24,27-32H2,(H,51,64)(H,52,65)(H,53,55,57)(H,54,56,58). The average Bonchev–Trinajstić information content (AvgIpc) is 3.65. The summed E-state index contributed by atoms with van der Waals surface area (Å²) in [5.74, 6) is 1.31. The topological polar surface area (TPSA) is 223 Å². The second-order valence-electron chi connectivity index (χ2n) is 18.5. The molecule has 0 bridgehead atoms. The maximum Gasteiger partial charge on any atom is 0.274 e. The third-order valence-corrected chi connectivity index (χ3v) is 14.2. The Morgan fingerprint density at radius 2 is 1.15 bits per heavy atom. The fourth-order valence-electron chi connectivity index (χ4n) is 10.2. The molecule has 3 aliphatic rings. The van der Waals surface area contributed by atoms with Gasteiger partial charge in [0.2, 0.25) is 0 Å². The molecule has 7 aromatic rings. The van der Waals surface area contributed by atoms with Gasteiger partial charge in [-0.2, -0.15) is 19.0 Å². The second-order valence-corrected chi connectivity index (χ2v) is 18.5. The zero-order valence-electron chi connectivity index (χ0n) is 37.2. The van der Waals surface area contributed by atoms with Gasteiger partial charge in [-0.25, -0.2) is 9.97 Å². The minimum Gasteiger partial charge on any atom is -0.396 e. The molecule has 17 heteroatoms. The molecule has 346 valence electrons. The molecular formula is C50H54N10O7.